The molecule has 2 N–H and O–H groups in total. The molecule has 0 fully saturated rings. The van der Waals surface area contributed by atoms with Crippen LogP contribution in [0.1, 0.15) is 57.7 Å². The molecule has 0 saturated carbocycles. The Kier molecular flexibility index (Phi) is 4.97. The van der Waals surface area contributed by atoms with Crippen molar-refractivity contribution < 1.29 is 5.11 Å². The Morgan fingerprint density at radius 1 is 1.20 bits per heavy atom. The van der Waals surface area contributed by atoms with Crippen molar-refractivity contribution in [3.05, 3.63) is 17.6 Å². The molecule has 0 saturated heterocycles. The summed E-state index contributed by atoms with van der Waals surface area (Å²) in [6, 6.07) is 0. The van der Waals surface area contributed by atoms with Gasteiger partial charge in [0.15, 0.2) is 0 Å². The molecule has 2 rings (SSSR count). The predicted molar refractivity (Wildman–Crippen MR) is 81.9 cm³/mol. The number of fused-ring (bicyclic) bond motifs is 1. The Morgan fingerprint density at radius 2 is 1.95 bits per heavy atom. The van der Waals surface area contributed by atoms with Crippen LogP contribution in [0.5, 0.6) is 0 Å². The molecule has 1 aliphatic carbocycles. The fourth-order valence-corrected chi connectivity index (χ4v) is 2.84. The molecular formula is C16H27N3O. The Hall–Kier alpha value is -1.16. The molecule has 1 atom stereocenters. The number of nitrogens with one attached hydrogen (secondary N) is 1. The van der Waals surface area contributed by atoms with Gasteiger partial charge in [0.1, 0.15) is 12.1 Å². The van der Waals surface area contributed by atoms with Gasteiger partial charge in [0.25, 0.3) is 0 Å². The van der Waals surface area contributed by atoms with Crippen LogP contribution < -0.4 is 5.32 Å². The van der Waals surface area contributed by atoms with Gasteiger partial charge in [-0.15, -0.1) is 0 Å². The third kappa shape index (κ3) is 4.44. The van der Waals surface area contributed by atoms with E-state index in [1.807, 2.05) is 0 Å². The first-order valence-corrected chi connectivity index (χ1v) is 7.70. The lowest BCUT2D eigenvalue weighted by atomic mass is 9.89. The highest BCUT2D eigenvalue weighted by Gasteiger charge is 2.18. The fourth-order valence-electron chi connectivity index (χ4n) is 2.84. The minimum atomic E-state index is -0.341. The summed E-state index contributed by atoms with van der Waals surface area (Å²) in [6.45, 7) is 6.99. The zero-order chi connectivity index (χ0) is 14.6. The van der Waals surface area contributed by atoms with E-state index in [1.54, 1.807) is 6.33 Å². The van der Waals surface area contributed by atoms with Gasteiger partial charge >= 0.3 is 0 Å². The lowest BCUT2D eigenvalue weighted by Gasteiger charge is -2.23. The molecule has 1 aliphatic rings. The van der Waals surface area contributed by atoms with Gasteiger partial charge in [0.2, 0.25) is 0 Å². The first-order chi connectivity index (χ1) is 9.46. The second kappa shape index (κ2) is 6.53. The van der Waals surface area contributed by atoms with Crippen LogP contribution in [-0.4, -0.2) is 27.7 Å². The molecule has 1 aromatic rings. The molecule has 0 spiro atoms. The monoisotopic (exact) mass is 277 g/mol. The number of anilines is 1. The second-order valence-electron chi connectivity index (χ2n) is 7.01. The van der Waals surface area contributed by atoms with Crippen LogP contribution in [0.4, 0.5) is 5.82 Å². The minimum Gasteiger partial charge on any atom is -0.391 e. The Morgan fingerprint density at radius 3 is 2.70 bits per heavy atom. The normalized spacial score (nSPS) is 17.2. The first-order valence-electron chi connectivity index (χ1n) is 7.70. The lowest BCUT2D eigenvalue weighted by Crippen LogP contribution is -2.26. The number of aliphatic hydroxyl groups is 1. The number of hydrogen-bond donors (Lipinski definition) is 2. The Labute approximate surface area is 122 Å². The number of aryl methyl sites for hydroxylation is 1. The van der Waals surface area contributed by atoms with Gasteiger partial charge in [-0.25, -0.2) is 9.97 Å². The molecule has 0 amide bonds. The maximum atomic E-state index is 10.1. The Bertz CT molecular complexity index is 440. The summed E-state index contributed by atoms with van der Waals surface area (Å²) < 4.78 is 0. The average Bonchev–Trinajstić information content (AvgIpc) is 2.59. The van der Waals surface area contributed by atoms with Crippen LogP contribution in [0.3, 0.4) is 0 Å². The van der Waals surface area contributed by atoms with E-state index in [0.29, 0.717) is 6.54 Å². The molecule has 1 aromatic heterocycles. The molecule has 0 radical (unpaired) electrons. The maximum Gasteiger partial charge on any atom is 0.132 e. The quantitative estimate of drug-likeness (QED) is 0.831. The molecule has 112 valence electrons. The van der Waals surface area contributed by atoms with Crippen molar-refractivity contribution in [2.45, 2.75) is 65.4 Å². The van der Waals surface area contributed by atoms with Crippen LogP contribution in [0.25, 0.3) is 0 Å². The molecule has 20 heavy (non-hydrogen) atoms. The third-order valence-corrected chi connectivity index (χ3v) is 3.73. The number of aliphatic hydroxyl groups excluding tert-OH is 1. The van der Waals surface area contributed by atoms with E-state index in [-0.39, 0.29) is 11.5 Å². The smallest absolute Gasteiger partial charge is 0.132 e. The van der Waals surface area contributed by atoms with Crippen LogP contribution in [0, 0.1) is 5.41 Å². The van der Waals surface area contributed by atoms with Crippen LogP contribution in [0.15, 0.2) is 6.33 Å². The van der Waals surface area contributed by atoms with Gasteiger partial charge in [-0.2, -0.15) is 0 Å². The van der Waals surface area contributed by atoms with Crippen molar-refractivity contribution in [3.63, 3.8) is 0 Å². The fraction of sp³-hybridized carbons (Fsp3) is 0.750. The van der Waals surface area contributed by atoms with E-state index in [0.717, 1.165) is 25.1 Å². The molecule has 4 nitrogen and oxygen atoms in total. The summed E-state index contributed by atoms with van der Waals surface area (Å²) in [5, 5.41) is 13.4. The summed E-state index contributed by atoms with van der Waals surface area (Å²) in [4.78, 5) is 8.78. The van der Waals surface area contributed by atoms with Crippen molar-refractivity contribution in [1.29, 1.82) is 0 Å². The van der Waals surface area contributed by atoms with E-state index in [2.05, 4.69) is 36.1 Å². The van der Waals surface area contributed by atoms with Crippen molar-refractivity contribution in [2.24, 2.45) is 5.41 Å². The Balaban J connectivity index is 1.99. The molecule has 0 bridgehead atoms. The van der Waals surface area contributed by atoms with Crippen LogP contribution in [-0.2, 0) is 12.8 Å². The summed E-state index contributed by atoms with van der Waals surface area (Å²) in [5.41, 5.74) is 2.59. The molecule has 0 aromatic carbocycles. The van der Waals surface area contributed by atoms with Gasteiger partial charge in [0, 0.05) is 17.8 Å². The zero-order valence-corrected chi connectivity index (χ0v) is 12.9. The third-order valence-electron chi connectivity index (χ3n) is 3.73. The number of hydrogen-bond acceptors (Lipinski definition) is 4. The van der Waals surface area contributed by atoms with E-state index in [4.69, 9.17) is 0 Å². The first kappa shape index (κ1) is 15.2. The summed E-state index contributed by atoms with van der Waals surface area (Å²) >= 11 is 0. The van der Waals surface area contributed by atoms with Gasteiger partial charge < -0.3 is 10.4 Å². The molecular weight excluding hydrogens is 250 g/mol. The highest BCUT2D eigenvalue weighted by atomic mass is 16.3. The van der Waals surface area contributed by atoms with Crippen molar-refractivity contribution in [2.75, 3.05) is 11.9 Å². The van der Waals surface area contributed by atoms with Gasteiger partial charge in [-0.3, -0.25) is 0 Å². The number of nitrogens with zero attached hydrogens (tertiary/aromatic N) is 2. The molecule has 0 aliphatic heterocycles. The number of rotatable bonds is 4. The van der Waals surface area contributed by atoms with Gasteiger partial charge in [-0.1, -0.05) is 27.2 Å². The number of aromatic nitrogens is 2. The standard InChI is InChI=1S/C16H27N3O/c1-16(2,3)9-12(20)10-17-15-13-7-5-4-6-8-14(13)18-11-19-15/h11-12,20H,4-10H2,1-3H3,(H,17,18,19). The summed E-state index contributed by atoms with van der Waals surface area (Å²) in [5.74, 6) is 0.921. The largest absolute Gasteiger partial charge is 0.391 e. The lowest BCUT2D eigenvalue weighted by molar-refractivity contribution is 0.132. The van der Waals surface area contributed by atoms with E-state index < -0.39 is 0 Å². The highest BCUT2D eigenvalue weighted by Crippen LogP contribution is 2.25. The van der Waals surface area contributed by atoms with Gasteiger partial charge in [0.05, 0.1) is 6.10 Å². The van der Waals surface area contributed by atoms with Crippen molar-refractivity contribution in [3.8, 4) is 0 Å². The molecule has 1 heterocycles. The zero-order valence-electron chi connectivity index (χ0n) is 12.9. The van der Waals surface area contributed by atoms with Gasteiger partial charge in [-0.05, 0) is 37.5 Å². The average molecular weight is 277 g/mol. The SMILES string of the molecule is CC(C)(C)CC(O)CNc1ncnc2c1CCCCC2. The molecule has 1 unspecified atom stereocenters. The van der Waals surface area contributed by atoms with Crippen molar-refractivity contribution >= 4 is 5.82 Å². The topological polar surface area (TPSA) is 58.0 Å². The predicted octanol–water partition coefficient (Wildman–Crippen LogP) is 2.95. The maximum absolute atomic E-state index is 10.1. The molecule has 4 heteroatoms. The highest BCUT2D eigenvalue weighted by molar-refractivity contribution is 5.46. The summed E-state index contributed by atoms with van der Waals surface area (Å²) in [6.07, 6.45) is 7.88. The second-order valence-corrected chi connectivity index (χ2v) is 7.01. The van der Waals surface area contributed by atoms with Crippen LogP contribution in [0.2, 0.25) is 0 Å². The summed E-state index contributed by atoms with van der Waals surface area (Å²) in [7, 11) is 0. The van der Waals surface area contributed by atoms with E-state index in [9.17, 15) is 5.11 Å². The van der Waals surface area contributed by atoms with Crippen LogP contribution >= 0.6 is 0 Å². The van der Waals surface area contributed by atoms with Crippen molar-refractivity contribution in [1.82, 2.24) is 9.97 Å². The van der Waals surface area contributed by atoms with E-state index >= 15 is 0 Å². The van der Waals surface area contributed by atoms with E-state index in [1.165, 1.54) is 30.5 Å². The minimum absolute atomic E-state index is 0.143.